The van der Waals surface area contributed by atoms with Crippen LogP contribution < -0.4 is 5.32 Å². The van der Waals surface area contributed by atoms with E-state index in [1.807, 2.05) is 0 Å². The predicted molar refractivity (Wildman–Crippen MR) is 61.5 cm³/mol. The highest BCUT2D eigenvalue weighted by molar-refractivity contribution is 9.10. The fourth-order valence-corrected chi connectivity index (χ4v) is 1.27. The normalized spacial score (nSPS) is 14.4. The van der Waals surface area contributed by atoms with Crippen LogP contribution in [-0.2, 0) is 4.79 Å². The molecule has 1 unspecified atom stereocenters. The van der Waals surface area contributed by atoms with E-state index in [4.69, 9.17) is 0 Å². The van der Waals surface area contributed by atoms with Crippen molar-refractivity contribution in [1.82, 2.24) is 4.98 Å². The van der Waals surface area contributed by atoms with Crippen molar-refractivity contribution in [2.75, 3.05) is 5.32 Å². The SMILES string of the molecule is CCC(C)(O)C(=O)Nc1ccnc(Br)c1. The molecule has 0 saturated carbocycles. The molecule has 1 atom stereocenters. The van der Waals surface area contributed by atoms with Gasteiger partial charge in [-0.2, -0.15) is 0 Å². The summed E-state index contributed by atoms with van der Waals surface area (Å²) < 4.78 is 0.636. The quantitative estimate of drug-likeness (QED) is 0.827. The van der Waals surface area contributed by atoms with Gasteiger partial charge in [0.2, 0.25) is 0 Å². The highest BCUT2D eigenvalue weighted by atomic mass is 79.9. The molecule has 15 heavy (non-hydrogen) atoms. The molecule has 1 amide bonds. The van der Waals surface area contributed by atoms with Gasteiger partial charge >= 0.3 is 0 Å². The van der Waals surface area contributed by atoms with Crippen molar-refractivity contribution in [3.05, 3.63) is 22.9 Å². The van der Waals surface area contributed by atoms with Gasteiger partial charge in [-0.25, -0.2) is 4.98 Å². The second kappa shape index (κ2) is 4.72. The fourth-order valence-electron chi connectivity index (χ4n) is 0.907. The first kappa shape index (κ1) is 12.1. The maximum Gasteiger partial charge on any atom is 0.256 e. The van der Waals surface area contributed by atoms with Gasteiger partial charge in [-0.15, -0.1) is 0 Å². The van der Waals surface area contributed by atoms with Crippen LogP contribution in [0.2, 0.25) is 0 Å². The van der Waals surface area contributed by atoms with Gasteiger partial charge < -0.3 is 10.4 Å². The molecule has 1 aromatic rings. The van der Waals surface area contributed by atoms with E-state index in [-0.39, 0.29) is 0 Å². The summed E-state index contributed by atoms with van der Waals surface area (Å²) >= 11 is 3.19. The van der Waals surface area contributed by atoms with Gasteiger partial charge in [-0.3, -0.25) is 4.79 Å². The van der Waals surface area contributed by atoms with Crippen LogP contribution in [-0.4, -0.2) is 21.6 Å². The monoisotopic (exact) mass is 272 g/mol. The van der Waals surface area contributed by atoms with Gasteiger partial charge in [0.15, 0.2) is 0 Å². The van der Waals surface area contributed by atoms with E-state index in [9.17, 15) is 9.90 Å². The van der Waals surface area contributed by atoms with E-state index in [0.29, 0.717) is 16.7 Å². The smallest absolute Gasteiger partial charge is 0.256 e. The Morgan fingerprint density at radius 2 is 2.40 bits per heavy atom. The van der Waals surface area contributed by atoms with E-state index in [1.54, 1.807) is 25.3 Å². The third-order valence-corrected chi connectivity index (χ3v) is 2.60. The number of anilines is 1. The number of hydrogen-bond donors (Lipinski definition) is 2. The first-order chi connectivity index (χ1) is 6.95. The summed E-state index contributed by atoms with van der Waals surface area (Å²) in [6, 6.07) is 3.33. The van der Waals surface area contributed by atoms with E-state index in [1.165, 1.54) is 6.92 Å². The summed E-state index contributed by atoms with van der Waals surface area (Å²) in [7, 11) is 0. The van der Waals surface area contributed by atoms with Gasteiger partial charge in [-0.1, -0.05) is 6.92 Å². The van der Waals surface area contributed by atoms with E-state index in [0.717, 1.165) is 0 Å². The average molecular weight is 273 g/mol. The molecule has 0 fully saturated rings. The van der Waals surface area contributed by atoms with Gasteiger partial charge in [0.25, 0.3) is 5.91 Å². The Morgan fingerprint density at radius 1 is 1.73 bits per heavy atom. The van der Waals surface area contributed by atoms with Crippen LogP contribution in [0.1, 0.15) is 20.3 Å². The van der Waals surface area contributed by atoms with Crippen LogP contribution in [0, 0.1) is 0 Å². The van der Waals surface area contributed by atoms with Crippen molar-refractivity contribution in [2.45, 2.75) is 25.9 Å². The highest BCUT2D eigenvalue weighted by Crippen LogP contribution is 2.16. The van der Waals surface area contributed by atoms with Crippen LogP contribution in [0.15, 0.2) is 22.9 Å². The Kier molecular flexibility index (Phi) is 3.82. The topological polar surface area (TPSA) is 62.2 Å². The lowest BCUT2D eigenvalue weighted by Gasteiger charge is -2.20. The fraction of sp³-hybridized carbons (Fsp3) is 0.400. The number of aromatic nitrogens is 1. The Labute approximate surface area is 96.8 Å². The zero-order valence-corrected chi connectivity index (χ0v) is 10.2. The summed E-state index contributed by atoms with van der Waals surface area (Å²) in [5.74, 6) is -0.414. The van der Waals surface area contributed by atoms with Crippen molar-refractivity contribution in [3.63, 3.8) is 0 Å². The molecule has 0 aliphatic rings. The lowest BCUT2D eigenvalue weighted by molar-refractivity contribution is -0.132. The summed E-state index contributed by atoms with van der Waals surface area (Å²) in [6.07, 6.45) is 1.94. The molecule has 1 heterocycles. The zero-order chi connectivity index (χ0) is 11.5. The minimum absolute atomic E-state index is 0.366. The summed E-state index contributed by atoms with van der Waals surface area (Å²) in [4.78, 5) is 15.5. The Hall–Kier alpha value is -0.940. The van der Waals surface area contributed by atoms with E-state index in [2.05, 4.69) is 26.2 Å². The maximum atomic E-state index is 11.6. The molecule has 82 valence electrons. The Morgan fingerprint density at radius 3 is 2.93 bits per heavy atom. The first-order valence-corrected chi connectivity index (χ1v) is 5.40. The zero-order valence-electron chi connectivity index (χ0n) is 8.62. The van der Waals surface area contributed by atoms with Crippen LogP contribution in [0.25, 0.3) is 0 Å². The molecular weight excluding hydrogens is 260 g/mol. The molecule has 4 nitrogen and oxygen atoms in total. The molecule has 5 heteroatoms. The summed E-state index contributed by atoms with van der Waals surface area (Å²) in [6.45, 7) is 3.24. The number of nitrogens with one attached hydrogen (secondary N) is 1. The van der Waals surface area contributed by atoms with Crippen LogP contribution in [0.3, 0.4) is 0 Å². The number of carbonyl (C=O) groups is 1. The number of carbonyl (C=O) groups excluding carboxylic acids is 1. The van der Waals surface area contributed by atoms with Crippen LogP contribution >= 0.6 is 15.9 Å². The minimum atomic E-state index is -1.34. The van der Waals surface area contributed by atoms with Gasteiger partial charge in [-0.05, 0) is 41.4 Å². The van der Waals surface area contributed by atoms with Crippen molar-refractivity contribution in [2.24, 2.45) is 0 Å². The predicted octanol–water partition coefficient (Wildman–Crippen LogP) is 1.94. The third-order valence-electron chi connectivity index (χ3n) is 2.16. The molecule has 2 N–H and O–H groups in total. The summed E-state index contributed by atoms with van der Waals surface area (Å²) in [5, 5.41) is 12.3. The average Bonchev–Trinajstić information content (AvgIpc) is 2.17. The second-order valence-corrected chi connectivity index (χ2v) is 4.26. The molecule has 0 saturated heterocycles. The van der Waals surface area contributed by atoms with Gasteiger partial charge in [0.1, 0.15) is 10.2 Å². The van der Waals surface area contributed by atoms with Gasteiger partial charge in [0, 0.05) is 11.9 Å². The van der Waals surface area contributed by atoms with Crippen LogP contribution in [0.5, 0.6) is 0 Å². The lowest BCUT2D eigenvalue weighted by Crippen LogP contribution is -2.39. The highest BCUT2D eigenvalue weighted by Gasteiger charge is 2.27. The van der Waals surface area contributed by atoms with Crippen molar-refractivity contribution in [3.8, 4) is 0 Å². The minimum Gasteiger partial charge on any atom is -0.380 e. The molecule has 0 aliphatic carbocycles. The number of hydrogen-bond acceptors (Lipinski definition) is 3. The standard InChI is InChI=1S/C10H13BrN2O2/c1-3-10(2,15)9(14)13-7-4-5-12-8(11)6-7/h4-6,15H,3H2,1-2H3,(H,12,13,14). The van der Waals surface area contributed by atoms with Crippen molar-refractivity contribution in [1.29, 1.82) is 0 Å². The molecule has 0 aromatic carbocycles. The van der Waals surface area contributed by atoms with Crippen molar-refractivity contribution < 1.29 is 9.90 Å². The number of nitrogens with zero attached hydrogens (tertiary/aromatic N) is 1. The number of aliphatic hydroxyl groups is 1. The lowest BCUT2D eigenvalue weighted by atomic mass is 10.0. The third kappa shape index (κ3) is 3.28. The Balaban J connectivity index is 2.75. The molecular formula is C10H13BrN2O2. The Bertz CT molecular complexity index is 366. The first-order valence-electron chi connectivity index (χ1n) is 4.61. The number of halogens is 1. The maximum absolute atomic E-state index is 11.6. The molecule has 1 rings (SSSR count). The number of pyridine rings is 1. The second-order valence-electron chi connectivity index (χ2n) is 3.45. The number of amides is 1. The van der Waals surface area contributed by atoms with Gasteiger partial charge in [0.05, 0.1) is 0 Å². The van der Waals surface area contributed by atoms with Crippen molar-refractivity contribution >= 4 is 27.5 Å². The summed E-state index contributed by atoms with van der Waals surface area (Å²) in [5.41, 5.74) is -0.731. The van der Waals surface area contributed by atoms with Crippen LogP contribution in [0.4, 0.5) is 5.69 Å². The largest absolute Gasteiger partial charge is 0.380 e. The molecule has 0 radical (unpaired) electrons. The molecule has 0 aliphatic heterocycles. The van der Waals surface area contributed by atoms with E-state index >= 15 is 0 Å². The molecule has 0 bridgehead atoms. The molecule has 1 aromatic heterocycles. The molecule has 0 spiro atoms. The number of rotatable bonds is 3. The van der Waals surface area contributed by atoms with E-state index < -0.39 is 11.5 Å².